The summed E-state index contributed by atoms with van der Waals surface area (Å²) in [5, 5.41) is 31.9. The van der Waals surface area contributed by atoms with Gasteiger partial charge in [-0.25, -0.2) is 9.78 Å². The number of amides is 2. The van der Waals surface area contributed by atoms with Crippen LogP contribution in [0.25, 0.3) is 0 Å². The Morgan fingerprint density at radius 2 is 2.13 bits per heavy atom. The lowest BCUT2D eigenvalue weighted by molar-refractivity contribution is -0.150. The number of nitrogens with zero attached hydrogens (tertiary/aromatic N) is 5. The number of β-lactam (4-membered cyclic amide) rings is 1. The second kappa shape index (κ2) is 8.37. The van der Waals surface area contributed by atoms with Crippen molar-refractivity contribution in [2.75, 3.05) is 11.5 Å². The molecule has 3 rings (SSSR count). The number of hydrogen-bond donors (Lipinski definition) is 6. The maximum absolute atomic E-state index is 12.6. The summed E-state index contributed by atoms with van der Waals surface area (Å²) >= 11 is 2.25. The van der Waals surface area contributed by atoms with Gasteiger partial charge >= 0.3 is 5.97 Å². The monoisotopic (exact) mass is 453 g/mol. The molecule has 0 spiro atoms. The number of rotatable bonds is 6. The Labute approximate surface area is 176 Å². The van der Waals surface area contributed by atoms with Gasteiger partial charge in [-0.3, -0.25) is 14.5 Å². The fourth-order valence-corrected chi connectivity index (χ4v) is 4.57. The van der Waals surface area contributed by atoms with E-state index in [0.717, 1.165) is 22.5 Å². The molecule has 2 atom stereocenters. The Kier molecular flexibility index (Phi) is 5.88. The number of aromatic nitrogens is 1. The molecule has 158 valence electrons. The summed E-state index contributed by atoms with van der Waals surface area (Å²) < 4.78 is 0. The summed E-state index contributed by atoms with van der Waals surface area (Å²) in [5.74, 6) is -2.99. The van der Waals surface area contributed by atoms with E-state index >= 15 is 0 Å². The van der Waals surface area contributed by atoms with Gasteiger partial charge in [0.15, 0.2) is 10.8 Å². The molecule has 2 amide bonds. The largest absolute Gasteiger partial charge is 0.477 e. The average molecular weight is 453 g/mol. The van der Waals surface area contributed by atoms with Crippen molar-refractivity contribution in [3.05, 3.63) is 22.3 Å². The first-order chi connectivity index (χ1) is 14.2. The van der Waals surface area contributed by atoms with Crippen LogP contribution < -0.4 is 22.5 Å². The van der Waals surface area contributed by atoms with Crippen LogP contribution in [0.15, 0.2) is 32.0 Å². The lowest BCUT2D eigenvalue weighted by Crippen LogP contribution is -2.71. The van der Waals surface area contributed by atoms with E-state index < -0.39 is 34.9 Å². The van der Waals surface area contributed by atoms with Crippen molar-refractivity contribution in [2.45, 2.75) is 11.4 Å². The van der Waals surface area contributed by atoms with E-state index in [0.29, 0.717) is 0 Å². The first-order valence-corrected chi connectivity index (χ1v) is 9.94. The first-order valence-electron chi connectivity index (χ1n) is 8.02. The second-order valence-corrected chi connectivity index (χ2v) is 7.82. The Hall–Kier alpha value is -3.66. The van der Waals surface area contributed by atoms with Crippen LogP contribution >= 0.6 is 23.1 Å². The Balaban J connectivity index is 1.78. The predicted octanol–water partition coefficient (Wildman–Crippen LogP) is -2.10. The molecule has 1 aromatic heterocycles. The van der Waals surface area contributed by atoms with Gasteiger partial charge in [-0.2, -0.15) is 5.10 Å². The van der Waals surface area contributed by atoms with E-state index in [4.69, 9.17) is 22.4 Å². The summed E-state index contributed by atoms with van der Waals surface area (Å²) in [7, 11) is 0. The van der Waals surface area contributed by atoms with Crippen LogP contribution in [0.1, 0.15) is 5.69 Å². The quantitative estimate of drug-likeness (QED) is 0.0902. The van der Waals surface area contributed by atoms with Gasteiger partial charge in [-0.1, -0.05) is 5.16 Å². The molecule has 2 aliphatic rings. The number of thioether (sulfide) groups is 1. The van der Waals surface area contributed by atoms with Crippen LogP contribution in [0.2, 0.25) is 0 Å². The van der Waals surface area contributed by atoms with E-state index in [2.05, 4.69) is 25.7 Å². The minimum atomic E-state index is -1.35. The molecule has 9 N–H and O–H groups in total. The Morgan fingerprint density at radius 1 is 1.40 bits per heavy atom. The zero-order valence-corrected chi connectivity index (χ0v) is 16.6. The van der Waals surface area contributed by atoms with E-state index in [1.807, 2.05) is 0 Å². The zero-order chi connectivity index (χ0) is 22.0. The van der Waals surface area contributed by atoms with Crippen LogP contribution in [0, 0.1) is 0 Å². The number of oxime groups is 1. The van der Waals surface area contributed by atoms with E-state index in [-0.39, 0.29) is 33.8 Å². The van der Waals surface area contributed by atoms with Crippen molar-refractivity contribution in [3.8, 4) is 0 Å². The highest BCUT2D eigenvalue weighted by atomic mass is 32.2. The molecular formula is C14H15N9O5S2. The van der Waals surface area contributed by atoms with Crippen LogP contribution in [-0.4, -0.2) is 73.0 Å². The number of thiazole rings is 1. The van der Waals surface area contributed by atoms with Crippen molar-refractivity contribution in [3.63, 3.8) is 0 Å². The molecule has 3 heterocycles. The van der Waals surface area contributed by atoms with Crippen LogP contribution in [-0.2, 0) is 14.4 Å². The molecule has 0 radical (unpaired) electrons. The lowest BCUT2D eigenvalue weighted by atomic mass is 10.0. The normalized spacial score (nSPS) is 21.3. The SMILES string of the molecule is NC(N)=NN=CC1=C(C(=O)O)N2C(=O)C(NC(=O)/C(=N\O)c3csc(N)n3)[C@H]2SC1. The number of carboxylic acids is 1. The molecule has 14 nitrogen and oxygen atoms in total. The second-order valence-electron chi connectivity index (χ2n) is 5.83. The lowest BCUT2D eigenvalue weighted by Gasteiger charge is -2.49. The maximum atomic E-state index is 12.6. The molecule has 1 unspecified atom stereocenters. The van der Waals surface area contributed by atoms with Gasteiger partial charge in [0.2, 0.25) is 5.96 Å². The first kappa shape index (κ1) is 21.1. The van der Waals surface area contributed by atoms with E-state index in [9.17, 15) is 19.5 Å². The number of carboxylic acid groups (broad SMARTS) is 1. The molecule has 30 heavy (non-hydrogen) atoms. The standard InChI is InChI=1S/C14H15N9O5S2/c15-13(16)21-18-1-4-2-29-11-7(10(25)23(11)8(4)12(26)27)20-9(24)6(22-28)5-3-30-14(17)19-5/h1,3,7,11,28H,2H2,(H2,17,19)(H,20,24)(H,26,27)(H4,15,16,21)/b18-1?,22-6-/t7?,11-/m1/s1. The number of aliphatic carboxylic acids is 1. The molecule has 0 bridgehead atoms. The number of nitrogens with two attached hydrogens (primary N) is 3. The van der Waals surface area contributed by atoms with Crippen LogP contribution in [0.5, 0.6) is 0 Å². The fourth-order valence-electron chi connectivity index (χ4n) is 2.73. The highest BCUT2D eigenvalue weighted by Crippen LogP contribution is 2.39. The average Bonchev–Trinajstić information content (AvgIpc) is 3.11. The fraction of sp³-hybridized carbons (Fsp3) is 0.214. The van der Waals surface area contributed by atoms with Crippen molar-refractivity contribution >= 4 is 63.9 Å². The smallest absolute Gasteiger partial charge is 0.353 e. The molecule has 0 aromatic carbocycles. The van der Waals surface area contributed by atoms with Gasteiger partial charge in [0.05, 0.1) is 6.21 Å². The molecular weight excluding hydrogens is 438 g/mol. The number of nitrogens with one attached hydrogen (secondary N) is 1. The van der Waals surface area contributed by atoms with Crippen molar-refractivity contribution in [2.24, 2.45) is 26.8 Å². The third kappa shape index (κ3) is 3.90. The topological polar surface area (TPSA) is 235 Å². The minimum absolute atomic E-state index is 0.0433. The van der Waals surface area contributed by atoms with Crippen molar-refractivity contribution < 1.29 is 24.7 Å². The molecule has 0 aliphatic carbocycles. The summed E-state index contributed by atoms with van der Waals surface area (Å²) in [6.07, 6.45) is 1.15. The number of nitrogen functional groups attached to an aromatic ring is 1. The van der Waals surface area contributed by atoms with Gasteiger partial charge in [0, 0.05) is 16.7 Å². The third-order valence-corrected chi connectivity index (χ3v) is 5.93. The third-order valence-electron chi connectivity index (χ3n) is 3.95. The number of anilines is 1. The maximum Gasteiger partial charge on any atom is 0.353 e. The van der Waals surface area contributed by atoms with Gasteiger partial charge in [-0.15, -0.1) is 28.2 Å². The molecule has 1 fully saturated rings. The van der Waals surface area contributed by atoms with Gasteiger partial charge in [0.25, 0.3) is 11.8 Å². The summed E-state index contributed by atoms with van der Waals surface area (Å²) in [6.45, 7) is 0. The van der Waals surface area contributed by atoms with E-state index in [1.54, 1.807) is 0 Å². The van der Waals surface area contributed by atoms with Crippen molar-refractivity contribution in [1.82, 2.24) is 15.2 Å². The van der Waals surface area contributed by atoms with Crippen LogP contribution in [0.4, 0.5) is 5.13 Å². The predicted molar refractivity (Wildman–Crippen MR) is 109 cm³/mol. The molecule has 1 aromatic rings. The summed E-state index contributed by atoms with van der Waals surface area (Å²) in [5.41, 5.74) is 15.4. The van der Waals surface area contributed by atoms with Gasteiger partial charge < -0.3 is 32.8 Å². The summed E-state index contributed by atoms with van der Waals surface area (Å²) in [6, 6.07) is -1.03. The van der Waals surface area contributed by atoms with Crippen molar-refractivity contribution in [1.29, 1.82) is 0 Å². The molecule has 16 heteroatoms. The summed E-state index contributed by atoms with van der Waals surface area (Å²) in [4.78, 5) is 41.6. The molecule has 1 saturated heterocycles. The zero-order valence-electron chi connectivity index (χ0n) is 14.9. The van der Waals surface area contributed by atoms with E-state index in [1.165, 1.54) is 17.1 Å². The number of hydrogen-bond acceptors (Lipinski definition) is 11. The van der Waals surface area contributed by atoms with Crippen LogP contribution in [0.3, 0.4) is 0 Å². The number of carbonyl (C=O) groups excluding carboxylic acids is 2. The van der Waals surface area contributed by atoms with Gasteiger partial charge in [-0.05, 0) is 0 Å². The Morgan fingerprint density at radius 3 is 2.70 bits per heavy atom. The molecule has 0 saturated carbocycles. The Bertz CT molecular complexity index is 1030. The minimum Gasteiger partial charge on any atom is -0.477 e. The highest BCUT2D eigenvalue weighted by Gasteiger charge is 2.54. The number of carbonyl (C=O) groups is 3. The van der Waals surface area contributed by atoms with Gasteiger partial charge in [0.1, 0.15) is 22.8 Å². The molecule has 2 aliphatic heterocycles. The number of guanidine groups is 1. The highest BCUT2D eigenvalue weighted by molar-refractivity contribution is 8.00. The number of fused-ring (bicyclic) bond motifs is 1.